The number of rotatable bonds is 4. The summed E-state index contributed by atoms with van der Waals surface area (Å²) in [4.78, 5) is 21.5. The minimum Gasteiger partial charge on any atom is -0.502 e. The molecule has 7 heteroatoms. The number of nitro benzene ring substituents is 1. The van der Waals surface area contributed by atoms with Crippen LogP contribution in [0.1, 0.15) is 11.1 Å². The third kappa shape index (κ3) is 5.03. The summed E-state index contributed by atoms with van der Waals surface area (Å²) in [7, 11) is 0. The molecule has 0 aliphatic carbocycles. The molecule has 0 saturated carbocycles. The highest BCUT2D eigenvalue weighted by Crippen LogP contribution is 2.25. The third-order valence-electron chi connectivity index (χ3n) is 2.94. The summed E-state index contributed by atoms with van der Waals surface area (Å²) in [5.74, 6) is 4.89. The first-order valence-corrected chi connectivity index (χ1v) is 6.97. The van der Waals surface area contributed by atoms with E-state index in [4.69, 9.17) is 4.74 Å². The van der Waals surface area contributed by atoms with Gasteiger partial charge in [-0.25, -0.2) is 4.79 Å². The molecule has 2 aromatic carbocycles. The third-order valence-corrected chi connectivity index (χ3v) is 2.94. The molecule has 0 aromatic heterocycles. The summed E-state index contributed by atoms with van der Waals surface area (Å²) in [6, 6.07) is 13.0. The molecule has 0 aliphatic rings. The van der Waals surface area contributed by atoms with Gasteiger partial charge in [0, 0.05) is 11.6 Å². The van der Waals surface area contributed by atoms with Crippen molar-refractivity contribution < 1.29 is 19.6 Å². The Morgan fingerprint density at radius 1 is 1.25 bits per heavy atom. The molecular formula is C17H14N2O5. The van der Waals surface area contributed by atoms with Gasteiger partial charge in [-0.3, -0.25) is 10.1 Å². The van der Waals surface area contributed by atoms with Gasteiger partial charge in [-0.2, -0.15) is 0 Å². The second kappa shape index (κ2) is 8.19. The van der Waals surface area contributed by atoms with Crippen molar-refractivity contribution in [1.29, 1.82) is 0 Å². The summed E-state index contributed by atoms with van der Waals surface area (Å²) in [5.41, 5.74) is 0.811. The number of hydrogen-bond donors (Lipinski definition) is 2. The van der Waals surface area contributed by atoms with E-state index in [-0.39, 0.29) is 13.2 Å². The number of hydrogen-bond acceptors (Lipinski definition) is 5. The number of alkyl carbamates (subject to hydrolysis) is 1. The smallest absolute Gasteiger partial charge is 0.408 e. The molecule has 0 spiro atoms. The first-order valence-electron chi connectivity index (χ1n) is 6.97. The zero-order chi connectivity index (χ0) is 17.4. The molecule has 2 N–H and O–H groups in total. The van der Waals surface area contributed by atoms with Gasteiger partial charge in [-0.15, -0.1) is 0 Å². The Hall–Kier alpha value is -3.53. The van der Waals surface area contributed by atoms with Crippen molar-refractivity contribution in [2.45, 2.75) is 6.61 Å². The molecule has 7 nitrogen and oxygen atoms in total. The Morgan fingerprint density at radius 2 is 2.00 bits per heavy atom. The molecule has 0 radical (unpaired) electrons. The van der Waals surface area contributed by atoms with E-state index in [0.29, 0.717) is 5.56 Å². The topological polar surface area (TPSA) is 102 Å². The number of aromatic hydroxyl groups is 1. The van der Waals surface area contributed by atoms with Crippen molar-refractivity contribution in [3.05, 3.63) is 69.8 Å². The van der Waals surface area contributed by atoms with Gasteiger partial charge < -0.3 is 15.2 Å². The summed E-state index contributed by atoms with van der Waals surface area (Å²) in [6.45, 7) is 0.187. The van der Waals surface area contributed by atoms with Gasteiger partial charge in [-0.1, -0.05) is 42.2 Å². The van der Waals surface area contributed by atoms with Crippen LogP contribution in [-0.2, 0) is 11.3 Å². The molecule has 1 amide bonds. The van der Waals surface area contributed by atoms with Crippen LogP contribution >= 0.6 is 0 Å². The van der Waals surface area contributed by atoms with Crippen LogP contribution in [0.5, 0.6) is 5.75 Å². The maximum atomic E-state index is 11.5. The van der Waals surface area contributed by atoms with Crippen molar-refractivity contribution in [3.63, 3.8) is 0 Å². The van der Waals surface area contributed by atoms with Gasteiger partial charge in [0.25, 0.3) is 0 Å². The molecule has 0 aliphatic heterocycles. The molecule has 2 rings (SSSR count). The van der Waals surface area contributed by atoms with Gasteiger partial charge in [0.1, 0.15) is 6.61 Å². The first kappa shape index (κ1) is 16.8. The van der Waals surface area contributed by atoms with Crippen molar-refractivity contribution >= 4 is 11.8 Å². The number of nitro groups is 1. The normalized spacial score (nSPS) is 9.50. The fraction of sp³-hybridized carbons (Fsp3) is 0.118. The van der Waals surface area contributed by atoms with Crippen LogP contribution in [-0.4, -0.2) is 22.7 Å². The van der Waals surface area contributed by atoms with Crippen LogP contribution in [0.3, 0.4) is 0 Å². The Bertz CT molecular complexity index is 794. The van der Waals surface area contributed by atoms with Crippen LogP contribution in [0.2, 0.25) is 0 Å². The summed E-state index contributed by atoms with van der Waals surface area (Å²) >= 11 is 0. The Kier molecular flexibility index (Phi) is 5.75. The van der Waals surface area contributed by atoms with E-state index in [1.807, 2.05) is 30.3 Å². The van der Waals surface area contributed by atoms with Crippen molar-refractivity contribution in [1.82, 2.24) is 5.32 Å². The Labute approximate surface area is 138 Å². The molecule has 24 heavy (non-hydrogen) atoms. The number of phenols is 1. The Balaban J connectivity index is 1.82. The maximum absolute atomic E-state index is 11.5. The minimum absolute atomic E-state index is 0.0301. The molecule has 0 fully saturated rings. The summed E-state index contributed by atoms with van der Waals surface area (Å²) < 4.78 is 5.01. The van der Waals surface area contributed by atoms with Crippen LogP contribution in [0.25, 0.3) is 0 Å². The quantitative estimate of drug-likeness (QED) is 0.511. The number of amides is 1. The van der Waals surface area contributed by atoms with Gasteiger partial charge >= 0.3 is 11.8 Å². The fourth-order valence-electron chi connectivity index (χ4n) is 1.78. The maximum Gasteiger partial charge on any atom is 0.408 e. The van der Waals surface area contributed by atoms with Gasteiger partial charge in [0.15, 0.2) is 5.75 Å². The zero-order valence-electron chi connectivity index (χ0n) is 12.6. The molecule has 0 heterocycles. The molecule has 0 bridgehead atoms. The molecule has 0 unspecified atom stereocenters. The van der Waals surface area contributed by atoms with E-state index in [1.165, 1.54) is 12.1 Å². The van der Waals surface area contributed by atoms with Crippen molar-refractivity contribution in [2.75, 3.05) is 6.54 Å². The van der Waals surface area contributed by atoms with Crippen LogP contribution in [0.4, 0.5) is 10.5 Å². The monoisotopic (exact) mass is 326 g/mol. The van der Waals surface area contributed by atoms with E-state index < -0.39 is 22.5 Å². The second-order valence-electron chi connectivity index (χ2n) is 4.68. The van der Waals surface area contributed by atoms with Crippen molar-refractivity contribution in [2.24, 2.45) is 0 Å². The summed E-state index contributed by atoms with van der Waals surface area (Å²) in [5, 5.41) is 22.5. The number of nitrogens with one attached hydrogen (secondary N) is 1. The fourth-order valence-corrected chi connectivity index (χ4v) is 1.78. The lowest BCUT2D eigenvalue weighted by atomic mass is 10.2. The summed E-state index contributed by atoms with van der Waals surface area (Å²) in [6.07, 6.45) is -0.607. The number of carbonyl (C=O) groups is 1. The number of phenolic OH excluding ortho intramolecular Hbond substituents is 1. The van der Waals surface area contributed by atoms with E-state index in [0.717, 1.165) is 11.6 Å². The first-order chi connectivity index (χ1) is 11.6. The van der Waals surface area contributed by atoms with E-state index >= 15 is 0 Å². The zero-order valence-corrected chi connectivity index (χ0v) is 12.6. The molecule has 0 saturated heterocycles. The molecule has 2 aromatic rings. The average molecular weight is 326 g/mol. The number of nitrogens with zero attached hydrogens (tertiary/aromatic N) is 1. The lowest BCUT2D eigenvalue weighted by Gasteiger charge is -2.04. The van der Waals surface area contributed by atoms with Gasteiger partial charge in [0.2, 0.25) is 0 Å². The van der Waals surface area contributed by atoms with Gasteiger partial charge in [-0.05, 0) is 17.7 Å². The second-order valence-corrected chi connectivity index (χ2v) is 4.68. The van der Waals surface area contributed by atoms with Crippen LogP contribution < -0.4 is 5.32 Å². The number of ether oxygens (including phenoxy) is 1. The molecule has 0 atom stereocenters. The lowest BCUT2D eigenvalue weighted by Crippen LogP contribution is -2.24. The highest BCUT2D eigenvalue weighted by atomic mass is 16.6. The van der Waals surface area contributed by atoms with Crippen molar-refractivity contribution in [3.8, 4) is 17.6 Å². The van der Waals surface area contributed by atoms with E-state index in [2.05, 4.69) is 17.2 Å². The number of benzene rings is 2. The highest BCUT2D eigenvalue weighted by molar-refractivity contribution is 5.67. The largest absolute Gasteiger partial charge is 0.502 e. The van der Waals surface area contributed by atoms with Crippen LogP contribution in [0.15, 0.2) is 48.5 Å². The predicted octanol–water partition coefficient (Wildman–Crippen LogP) is 2.58. The van der Waals surface area contributed by atoms with E-state index in [9.17, 15) is 20.0 Å². The van der Waals surface area contributed by atoms with Crippen LogP contribution in [0, 0.1) is 22.0 Å². The van der Waals surface area contributed by atoms with E-state index in [1.54, 1.807) is 0 Å². The highest BCUT2D eigenvalue weighted by Gasteiger charge is 2.12. The standard InChI is InChI=1S/C17H14N2O5/c20-16-9-8-13(11-15(16)19(22)23)7-4-10-18-17(21)24-12-14-5-2-1-3-6-14/h1-3,5-6,8-9,11,20H,10,12H2,(H,18,21). The minimum atomic E-state index is -0.695. The predicted molar refractivity (Wildman–Crippen MR) is 86.3 cm³/mol. The average Bonchev–Trinajstić information content (AvgIpc) is 2.59. The molecular weight excluding hydrogens is 312 g/mol. The molecule has 122 valence electrons. The van der Waals surface area contributed by atoms with Gasteiger partial charge in [0.05, 0.1) is 11.5 Å². The lowest BCUT2D eigenvalue weighted by molar-refractivity contribution is -0.385. The Morgan fingerprint density at radius 3 is 2.71 bits per heavy atom. The number of carbonyl (C=O) groups excluding carboxylic acids is 1. The SMILES string of the molecule is O=C(NCC#Cc1ccc(O)c([N+](=O)[O-])c1)OCc1ccccc1.